The van der Waals surface area contributed by atoms with Gasteiger partial charge in [0.05, 0.1) is 6.04 Å². The maximum Gasteiger partial charge on any atom is 0.235 e. The molecule has 1 atom stereocenters. The van der Waals surface area contributed by atoms with Crippen molar-refractivity contribution in [1.82, 2.24) is 4.90 Å². The van der Waals surface area contributed by atoms with E-state index in [9.17, 15) is 4.79 Å². The zero-order chi connectivity index (χ0) is 12.3. The minimum atomic E-state index is -0.559. The number of benzene rings is 1. The van der Waals surface area contributed by atoms with E-state index in [0.29, 0.717) is 6.54 Å². The Bertz CT molecular complexity index is 378. The molecule has 0 spiro atoms. The topological polar surface area (TPSA) is 72.3 Å². The van der Waals surface area contributed by atoms with E-state index in [-0.39, 0.29) is 0 Å². The van der Waals surface area contributed by atoms with Crippen LogP contribution >= 0.6 is 0 Å². The lowest BCUT2D eigenvalue weighted by atomic mass is 10.0. The van der Waals surface area contributed by atoms with Crippen LogP contribution < -0.4 is 11.5 Å². The molecule has 0 saturated carbocycles. The van der Waals surface area contributed by atoms with Crippen LogP contribution in [0.4, 0.5) is 0 Å². The molecule has 1 aromatic carbocycles. The third-order valence-electron chi connectivity index (χ3n) is 3.33. The number of rotatable bonds is 3. The van der Waals surface area contributed by atoms with Crippen molar-refractivity contribution >= 4 is 5.91 Å². The van der Waals surface area contributed by atoms with Gasteiger partial charge in [0.25, 0.3) is 0 Å². The second kappa shape index (κ2) is 5.29. The van der Waals surface area contributed by atoms with Crippen molar-refractivity contribution in [2.75, 3.05) is 19.6 Å². The number of nitrogens with zero attached hydrogens (tertiary/aromatic N) is 1. The molecule has 4 N–H and O–H groups in total. The van der Waals surface area contributed by atoms with Crippen molar-refractivity contribution < 1.29 is 4.79 Å². The van der Waals surface area contributed by atoms with Crippen LogP contribution in [-0.2, 0) is 17.6 Å². The molecule has 1 amide bonds. The fourth-order valence-electron chi connectivity index (χ4n) is 2.26. The summed E-state index contributed by atoms with van der Waals surface area (Å²) in [5.41, 5.74) is 13.7. The van der Waals surface area contributed by atoms with Crippen LogP contribution in [0.5, 0.6) is 0 Å². The predicted octanol–water partition coefficient (Wildman–Crippen LogP) is -0.100. The molecule has 0 bridgehead atoms. The molecular formula is C13H19N3O. The maximum absolute atomic E-state index is 10.9. The van der Waals surface area contributed by atoms with E-state index in [1.54, 1.807) is 0 Å². The van der Waals surface area contributed by atoms with Crippen molar-refractivity contribution in [3.63, 3.8) is 0 Å². The first kappa shape index (κ1) is 12.1. The number of hydrogen-bond acceptors (Lipinski definition) is 3. The summed E-state index contributed by atoms with van der Waals surface area (Å²) >= 11 is 0. The molecule has 1 unspecified atom stereocenters. The van der Waals surface area contributed by atoms with Crippen molar-refractivity contribution in [3.05, 3.63) is 35.4 Å². The SMILES string of the molecule is NC(=O)C(N)CN1CCc2ccccc2CC1. The van der Waals surface area contributed by atoms with Gasteiger partial charge in [-0.25, -0.2) is 0 Å². The van der Waals surface area contributed by atoms with Crippen LogP contribution in [-0.4, -0.2) is 36.5 Å². The zero-order valence-electron chi connectivity index (χ0n) is 9.93. The lowest BCUT2D eigenvalue weighted by Gasteiger charge is -2.22. The Kier molecular flexibility index (Phi) is 3.76. The number of amides is 1. The molecule has 2 rings (SSSR count). The molecule has 0 aromatic heterocycles. The molecule has 1 heterocycles. The van der Waals surface area contributed by atoms with Gasteiger partial charge in [0.2, 0.25) is 5.91 Å². The second-order valence-corrected chi connectivity index (χ2v) is 4.58. The fourth-order valence-corrected chi connectivity index (χ4v) is 2.26. The Balaban J connectivity index is 1.97. The Morgan fingerprint density at radius 2 is 1.76 bits per heavy atom. The van der Waals surface area contributed by atoms with Gasteiger partial charge >= 0.3 is 0 Å². The number of carbonyl (C=O) groups excluding carboxylic acids is 1. The third kappa shape index (κ3) is 3.05. The monoisotopic (exact) mass is 233 g/mol. The van der Waals surface area contributed by atoms with Crippen LogP contribution in [0, 0.1) is 0 Å². The number of hydrogen-bond donors (Lipinski definition) is 2. The largest absolute Gasteiger partial charge is 0.368 e. The maximum atomic E-state index is 10.9. The van der Waals surface area contributed by atoms with Crippen molar-refractivity contribution in [1.29, 1.82) is 0 Å². The van der Waals surface area contributed by atoms with Crippen molar-refractivity contribution in [2.45, 2.75) is 18.9 Å². The molecule has 92 valence electrons. The van der Waals surface area contributed by atoms with E-state index in [2.05, 4.69) is 29.2 Å². The number of primary amides is 1. The normalized spacial score (nSPS) is 18.2. The average Bonchev–Trinajstić information content (AvgIpc) is 2.52. The average molecular weight is 233 g/mol. The Morgan fingerprint density at radius 3 is 2.24 bits per heavy atom. The summed E-state index contributed by atoms with van der Waals surface area (Å²) in [6.07, 6.45) is 2.03. The molecule has 0 fully saturated rings. The lowest BCUT2D eigenvalue weighted by Crippen LogP contribution is -2.46. The van der Waals surface area contributed by atoms with Crippen LogP contribution in [0.1, 0.15) is 11.1 Å². The quantitative estimate of drug-likeness (QED) is 0.765. The summed E-state index contributed by atoms with van der Waals surface area (Å²) in [6.45, 7) is 2.44. The molecule has 4 nitrogen and oxygen atoms in total. The van der Waals surface area contributed by atoms with Crippen LogP contribution in [0.2, 0.25) is 0 Å². The van der Waals surface area contributed by atoms with Crippen LogP contribution in [0.15, 0.2) is 24.3 Å². The molecule has 4 heteroatoms. The first-order valence-electron chi connectivity index (χ1n) is 6.01. The van der Waals surface area contributed by atoms with E-state index in [4.69, 9.17) is 11.5 Å². The number of fused-ring (bicyclic) bond motifs is 1. The zero-order valence-corrected chi connectivity index (χ0v) is 9.93. The summed E-state index contributed by atoms with van der Waals surface area (Å²) in [5.74, 6) is -0.424. The summed E-state index contributed by atoms with van der Waals surface area (Å²) in [4.78, 5) is 13.2. The van der Waals surface area contributed by atoms with E-state index < -0.39 is 11.9 Å². The van der Waals surface area contributed by atoms with Gasteiger partial charge in [-0.05, 0) is 24.0 Å². The van der Waals surface area contributed by atoms with Crippen molar-refractivity contribution in [3.8, 4) is 0 Å². The fraction of sp³-hybridized carbons (Fsp3) is 0.462. The van der Waals surface area contributed by atoms with E-state index in [1.165, 1.54) is 11.1 Å². The lowest BCUT2D eigenvalue weighted by molar-refractivity contribution is -0.119. The van der Waals surface area contributed by atoms with Gasteiger partial charge in [-0.1, -0.05) is 24.3 Å². The summed E-state index contributed by atoms with van der Waals surface area (Å²) in [5, 5.41) is 0. The Labute approximate surface area is 102 Å². The summed E-state index contributed by atoms with van der Waals surface area (Å²) in [6, 6.07) is 7.93. The minimum absolute atomic E-state index is 0.424. The highest BCUT2D eigenvalue weighted by atomic mass is 16.1. The van der Waals surface area contributed by atoms with E-state index in [1.807, 2.05) is 0 Å². The second-order valence-electron chi connectivity index (χ2n) is 4.58. The van der Waals surface area contributed by atoms with Gasteiger partial charge in [0, 0.05) is 19.6 Å². The predicted molar refractivity (Wildman–Crippen MR) is 67.5 cm³/mol. The van der Waals surface area contributed by atoms with Gasteiger partial charge in [-0.3, -0.25) is 4.79 Å². The van der Waals surface area contributed by atoms with E-state index >= 15 is 0 Å². The highest BCUT2D eigenvalue weighted by Gasteiger charge is 2.18. The van der Waals surface area contributed by atoms with Crippen LogP contribution in [0.3, 0.4) is 0 Å². The summed E-state index contributed by atoms with van der Waals surface area (Å²) in [7, 11) is 0. The smallest absolute Gasteiger partial charge is 0.235 e. The van der Waals surface area contributed by atoms with Gasteiger partial charge in [0.15, 0.2) is 0 Å². The third-order valence-corrected chi connectivity index (χ3v) is 3.33. The van der Waals surface area contributed by atoms with Gasteiger partial charge < -0.3 is 16.4 Å². The van der Waals surface area contributed by atoms with Crippen molar-refractivity contribution in [2.24, 2.45) is 11.5 Å². The van der Waals surface area contributed by atoms with Crippen LogP contribution in [0.25, 0.3) is 0 Å². The highest BCUT2D eigenvalue weighted by Crippen LogP contribution is 2.15. The van der Waals surface area contributed by atoms with Gasteiger partial charge in [-0.2, -0.15) is 0 Å². The van der Waals surface area contributed by atoms with Gasteiger partial charge in [-0.15, -0.1) is 0 Å². The molecule has 0 radical (unpaired) electrons. The Hall–Kier alpha value is -1.39. The molecule has 1 aliphatic rings. The molecule has 0 saturated heterocycles. The van der Waals surface area contributed by atoms with Gasteiger partial charge in [0.1, 0.15) is 0 Å². The van der Waals surface area contributed by atoms with E-state index in [0.717, 1.165) is 25.9 Å². The molecule has 17 heavy (non-hydrogen) atoms. The molecule has 1 aliphatic heterocycles. The Morgan fingerprint density at radius 1 is 1.24 bits per heavy atom. The first-order valence-corrected chi connectivity index (χ1v) is 6.01. The molecule has 0 aliphatic carbocycles. The number of nitrogens with two attached hydrogens (primary N) is 2. The molecule has 1 aromatic rings. The molecular weight excluding hydrogens is 214 g/mol. The minimum Gasteiger partial charge on any atom is -0.368 e. The first-order chi connectivity index (χ1) is 8.16. The standard InChI is InChI=1S/C13H19N3O/c14-12(13(15)17)9-16-7-5-10-3-1-2-4-11(10)6-8-16/h1-4,12H,5-9,14H2,(H2,15,17). The summed E-state index contributed by atoms with van der Waals surface area (Å²) < 4.78 is 0. The highest BCUT2D eigenvalue weighted by molar-refractivity contribution is 5.79. The number of carbonyl (C=O) groups is 1.